The first-order chi connectivity index (χ1) is 6.37. The number of hydrogen-bond donors (Lipinski definition) is 1. The molecule has 1 atom stereocenters. The van der Waals surface area contributed by atoms with Crippen molar-refractivity contribution in [3.8, 4) is 0 Å². The van der Waals surface area contributed by atoms with Gasteiger partial charge in [-0.25, -0.2) is 0 Å². The number of halogens is 3. The molecule has 0 spiro atoms. The monoisotopic (exact) mass is 213 g/mol. The Kier molecular flexibility index (Phi) is 5.52. The molecule has 0 aromatic heterocycles. The van der Waals surface area contributed by atoms with Crippen LogP contribution in [0.4, 0.5) is 13.2 Å². The molecular formula is C8H14F3NO2. The van der Waals surface area contributed by atoms with Gasteiger partial charge in [0.2, 0.25) is 5.91 Å². The molecule has 0 rings (SSSR count). The predicted octanol–water partition coefficient (Wildman–Crippen LogP) is 1.61. The summed E-state index contributed by atoms with van der Waals surface area (Å²) in [5.41, 5.74) is 4.93. The second-order valence-electron chi connectivity index (χ2n) is 2.89. The number of carbonyl (C=O) groups is 1. The number of rotatable bonds is 6. The normalized spacial score (nSPS) is 14.0. The Morgan fingerprint density at radius 3 is 2.43 bits per heavy atom. The third kappa shape index (κ3) is 6.71. The van der Waals surface area contributed by atoms with Gasteiger partial charge in [-0.2, -0.15) is 13.2 Å². The van der Waals surface area contributed by atoms with Gasteiger partial charge >= 0.3 is 6.18 Å². The van der Waals surface area contributed by atoms with E-state index in [1.807, 2.05) is 0 Å². The van der Waals surface area contributed by atoms with Crippen molar-refractivity contribution >= 4 is 5.91 Å². The van der Waals surface area contributed by atoms with E-state index in [1.165, 1.54) is 0 Å². The molecule has 0 radical (unpaired) electrons. The average molecular weight is 213 g/mol. The van der Waals surface area contributed by atoms with Gasteiger partial charge in [-0.05, 0) is 12.8 Å². The fourth-order valence-electron chi connectivity index (χ4n) is 0.899. The van der Waals surface area contributed by atoms with Crippen molar-refractivity contribution in [3.05, 3.63) is 0 Å². The minimum absolute atomic E-state index is 0.0963. The molecule has 1 amide bonds. The van der Waals surface area contributed by atoms with E-state index in [4.69, 9.17) is 10.5 Å². The lowest BCUT2D eigenvalue weighted by Gasteiger charge is -2.12. The van der Waals surface area contributed by atoms with E-state index in [1.54, 1.807) is 6.92 Å². The predicted molar refractivity (Wildman–Crippen MR) is 44.5 cm³/mol. The van der Waals surface area contributed by atoms with Gasteiger partial charge in [-0.15, -0.1) is 0 Å². The molecule has 0 aromatic rings. The van der Waals surface area contributed by atoms with Crippen molar-refractivity contribution in [3.63, 3.8) is 0 Å². The first-order valence-corrected chi connectivity index (χ1v) is 4.34. The Labute approximate surface area is 80.4 Å². The van der Waals surface area contributed by atoms with Crippen LogP contribution in [0.15, 0.2) is 0 Å². The van der Waals surface area contributed by atoms with Gasteiger partial charge in [-0.3, -0.25) is 4.79 Å². The van der Waals surface area contributed by atoms with Crippen LogP contribution in [0.1, 0.15) is 26.2 Å². The first kappa shape index (κ1) is 13.2. The summed E-state index contributed by atoms with van der Waals surface area (Å²) in [5, 5.41) is 0. The van der Waals surface area contributed by atoms with Crippen LogP contribution >= 0.6 is 0 Å². The van der Waals surface area contributed by atoms with Crippen LogP contribution < -0.4 is 5.73 Å². The topological polar surface area (TPSA) is 52.3 Å². The highest BCUT2D eigenvalue weighted by atomic mass is 19.4. The van der Waals surface area contributed by atoms with Crippen molar-refractivity contribution in [2.24, 2.45) is 5.73 Å². The highest BCUT2D eigenvalue weighted by Gasteiger charge is 2.26. The SMILES string of the molecule is CCC(OCCCC(F)(F)F)C(N)=O. The quantitative estimate of drug-likeness (QED) is 0.681. The molecule has 0 fully saturated rings. The zero-order valence-electron chi connectivity index (χ0n) is 7.93. The number of hydrogen-bond acceptors (Lipinski definition) is 2. The fourth-order valence-corrected chi connectivity index (χ4v) is 0.899. The summed E-state index contributed by atoms with van der Waals surface area (Å²) in [6.07, 6.45) is -5.61. The van der Waals surface area contributed by atoms with E-state index in [0.717, 1.165) is 0 Å². The van der Waals surface area contributed by atoms with Gasteiger partial charge < -0.3 is 10.5 Å². The standard InChI is InChI=1S/C8H14F3NO2/c1-2-6(7(12)13)14-5-3-4-8(9,10)11/h6H,2-5H2,1H3,(H2,12,13). The van der Waals surface area contributed by atoms with Crippen molar-refractivity contribution < 1.29 is 22.7 Å². The number of ether oxygens (including phenoxy) is 1. The van der Waals surface area contributed by atoms with Crippen molar-refractivity contribution in [2.45, 2.75) is 38.5 Å². The summed E-state index contributed by atoms with van der Waals surface area (Å²) in [4.78, 5) is 10.6. The van der Waals surface area contributed by atoms with Gasteiger partial charge in [0.25, 0.3) is 0 Å². The van der Waals surface area contributed by atoms with Gasteiger partial charge in [0.05, 0.1) is 0 Å². The van der Waals surface area contributed by atoms with Gasteiger partial charge in [0, 0.05) is 13.0 Å². The average Bonchev–Trinajstić information content (AvgIpc) is 2.01. The Hall–Kier alpha value is -0.780. The molecule has 0 aromatic carbocycles. The maximum Gasteiger partial charge on any atom is 0.389 e. The highest BCUT2D eigenvalue weighted by Crippen LogP contribution is 2.21. The molecule has 0 aliphatic heterocycles. The van der Waals surface area contributed by atoms with Gasteiger partial charge in [0.15, 0.2) is 0 Å². The zero-order valence-corrected chi connectivity index (χ0v) is 7.93. The summed E-state index contributed by atoms with van der Waals surface area (Å²) < 4.78 is 39.9. The van der Waals surface area contributed by atoms with E-state index in [9.17, 15) is 18.0 Å². The van der Waals surface area contributed by atoms with Crippen LogP contribution in [0.2, 0.25) is 0 Å². The van der Waals surface area contributed by atoms with E-state index < -0.39 is 24.6 Å². The Morgan fingerprint density at radius 1 is 1.50 bits per heavy atom. The minimum atomic E-state index is -4.17. The fraction of sp³-hybridized carbons (Fsp3) is 0.875. The first-order valence-electron chi connectivity index (χ1n) is 4.34. The molecule has 3 nitrogen and oxygen atoms in total. The number of amides is 1. The lowest BCUT2D eigenvalue weighted by molar-refractivity contribution is -0.141. The van der Waals surface area contributed by atoms with Gasteiger partial charge in [-0.1, -0.05) is 6.92 Å². The van der Waals surface area contributed by atoms with E-state index in [0.29, 0.717) is 6.42 Å². The molecule has 0 bridgehead atoms. The van der Waals surface area contributed by atoms with E-state index >= 15 is 0 Å². The molecule has 84 valence electrons. The van der Waals surface area contributed by atoms with Crippen LogP contribution in [0, 0.1) is 0 Å². The van der Waals surface area contributed by atoms with Crippen LogP contribution in [-0.4, -0.2) is 24.8 Å². The largest absolute Gasteiger partial charge is 0.389 e. The van der Waals surface area contributed by atoms with Crippen molar-refractivity contribution in [1.29, 1.82) is 0 Å². The molecule has 1 unspecified atom stereocenters. The summed E-state index contributed by atoms with van der Waals surface area (Å²) >= 11 is 0. The van der Waals surface area contributed by atoms with Crippen LogP contribution in [0.25, 0.3) is 0 Å². The Morgan fingerprint density at radius 2 is 2.07 bits per heavy atom. The third-order valence-corrected chi connectivity index (χ3v) is 1.61. The molecular weight excluding hydrogens is 199 g/mol. The second kappa shape index (κ2) is 5.85. The minimum Gasteiger partial charge on any atom is -0.368 e. The van der Waals surface area contributed by atoms with E-state index in [2.05, 4.69) is 0 Å². The van der Waals surface area contributed by atoms with Crippen LogP contribution in [0.3, 0.4) is 0 Å². The number of nitrogens with two attached hydrogens (primary N) is 1. The maximum atomic E-state index is 11.7. The Bertz CT molecular complexity index is 182. The summed E-state index contributed by atoms with van der Waals surface area (Å²) in [6.45, 7) is 1.58. The summed E-state index contributed by atoms with van der Waals surface area (Å²) in [7, 11) is 0. The molecule has 14 heavy (non-hydrogen) atoms. The van der Waals surface area contributed by atoms with Crippen LogP contribution in [-0.2, 0) is 9.53 Å². The van der Waals surface area contributed by atoms with Crippen molar-refractivity contribution in [2.75, 3.05) is 6.61 Å². The molecule has 6 heteroatoms. The number of alkyl halides is 3. The molecule has 0 aliphatic carbocycles. The number of carbonyl (C=O) groups excluding carboxylic acids is 1. The number of primary amides is 1. The van der Waals surface area contributed by atoms with E-state index in [-0.39, 0.29) is 13.0 Å². The second-order valence-corrected chi connectivity index (χ2v) is 2.89. The lowest BCUT2D eigenvalue weighted by Crippen LogP contribution is -2.31. The molecule has 2 N–H and O–H groups in total. The Balaban J connectivity index is 3.58. The summed E-state index contributed by atoms with van der Waals surface area (Å²) in [5.74, 6) is -0.639. The zero-order chi connectivity index (χ0) is 11.2. The van der Waals surface area contributed by atoms with Gasteiger partial charge in [0.1, 0.15) is 6.10 Å². The molecule has 0 heterocycles. The molecule has 0 saturated heterocycles. The summed E-state index contributed by atoms with van der Waals surface area (Å²) in [6, 6.07) is 0. The highest BCUT2D eigenvalue weighted by molar-refractivity contribution is 5.78. The van der Waals surface area contributed by atoms with Crippen molar-refractivity contribution in [1.82, 2.24) is 0 Å². The molecule has 0 saturated carbocycles. The van der Waals surface area contributed by atoms with Crippen LogP contribution in [0.5, 0.6) is 0 Å². The smallest absolute Gasteiger partial charge is 0.368 e. The third-order valence-electron chi connectivity index (χ3n) is 1.61. The molecule has 0 aliphatic rings. The maximum absolute atomic E-state index is 11.7. The lowest BCUT2D eigenvalue weighted by atomic mass is 10.2.